The lowest BCUT2D eigenvalue weighted by molar-refractivity contribution is 0.302. The molecule has 0 spiro atoms. The van der Waals surface area contributed by atoms with E-state index >= 15 is 0 Å². The Kier molecular flexibility index (Phi) is 4.06. The van der Waals surface area contributed by atoms with E-state index in [0.717, 1.165) is 23.2 Å². The van der Waals surface area contributed by atoms with Crippen LogP contribution < -0.4 is 5.32 Å². The molecule has 1 rings (SSSR count). The van der Waals surface area contributed by atoms with Gasteiger partial charge in [0, 0.05) is 11.2 Å². The molecule has 1 N–H and O–H groups in total. The SMILES string of the molecule is Cc1cc(NC(C)(C)CC(C)(C)C)ccc1C#N. The van der Waals surface area contributed by atoms with Gasteiger partial charge in [-0.1, -0.05) is 20.8 Å². The zero-order chi connectivity index (χ0) is 14.0. The Hall–Kier alpha value is -1.49. The van der Waals surface area contributed by atoms with Crippen molar-refractivity contribution in [2.75, 3.05) is 5.32 Å². The highest BCUT2D eigenvalue weighted by Crippen LogP contribution is 2.30. The van der Waals surface area contributed by atoms with Crippen molar-refractivity contribution in [1.82, 2.24) is 0 Å². The van der Waals surface area contributed by atoms with E-state index in [-0.39, 0.29) is 11.0 Å². The highest BCUT2D eigenvalue weighted by molar-refractivity contribution is 5.52. The molecule has 0 heterocycles. The number of rotatable bonds is 3. The average molecular weight is 244 g/mol. The van der Waals surface area contributed by atoms with Crippen LogP contribution in [0.4, 0.5) is 5.69 Å². The average Bonchev–Trinajstić information content (AvgIpc) is 2.12. The van der Waals surface area contributed by atoms with E-state index in [2.05, 4.69) is 46.0 Å². The van der Waals surface area contributed by atoms with Crippen molar-refractivity contribution in [2.45, 2.75) is 53.5 Å². The first-order valence-electron chi connectivity index (χ1n) is 6.42. The standard InChI is InChI=1S/C16H24N2/c1-12-9-14(8-7-13(12)10-17)18-16(5,6)11-15(2,3)4/h7-9,18H,11H2,1-6H3. The zero-order valence-electron chi connectivity index (χ0n) is 12.4. The van der Waals surface area contributed by atoms with Gasteiger partial charge in [0.15, 0.2) is 0 Å². The Bertz CT molecular complexity index is 459. The van der Waals surface area contributed by atoms with Crippen molar-refractivity contribution in [3.05, 3.63) is 29.3 Å². The minimum atomic E-state index is 0.0405. The summed E-state index contributed by atoms with van der Waals surface area (Å²) in [5, 5.41) is 12.5. The molecule has 18 heavy (non-hydrogen) atoms. The number of anilines is 1. The normalized spacial score (nSPS) is 12.1. The summed E-state index contributed by atoms with van der Waals surface area (Å²) in [6, 6.07) is 8.10. The molecule has 0 saturated carbocycles. The predicted molar refractivity (Wildman–Crippen MR) is 77.7 cm³/mol. The number of nitrogens with zero attached hydrogens (tertiary/aromatic N) is 1. The van der Waals surface area contributed by atoms with Gasteiger partial charge in [0.05, 0.1) is 11.6 Å². The topological polar surface area (TPSA) is 35.8 Å². The van der Waals surface area contributed by atoms with E-state index in [1.54, 1.807) is 0 Å². The van der Waals surface area contributed by atoms with E-state index in [9.17, 15) is 0 Å². The molecule has 0 aliphatic carbocycles. The van der Waals surface area contributed by atoms with Crippen LogP contribution in [0.1, 0.15) is 52.2 Å². The van der Waals surface area contributed by atoms with E-state index in [1.165, 1.54) is 0 Å². The number of hydrogen-bond donors (Lipinski definition) is 1. The smallest absolute Gasteiger partial charge is 0.0994 e. The molecule has 0 radical (unpaired) electrons. The van der Waals surface area contributed by atoms with Gasteiger partial charge >= 0.3 is 0 Å². The van der Waals surface area contributed by atoms with Crippen LogP contribution in [-0.4, -0.2) is 5.54 Å². The summed E-state index contributed by atoms with van der Waals surface area (Å²) in [5.41, 5.74) is 3.18. The van der Waals surface area contributed by atoms with Gasteiger partial charge in [0.25, 0.3) is 0 Å². The minimum Gasteiger partial charge on any atom is -0.380 e. The second kappa shape index (κ2) is 5.02. The molecule has 98 valence electrons. The van der Waals surface area contributed by atoms with Crippen molar-refractivity contribution >= 4 is 5.69 Å². The molecule has 0 unspecified atom stereocenters. The van der Waals surface area contributed by atoms with Crippen LogP contribution in [0, 0.1) is 23.7 Å². The molecule has 0 fully saturated rings. The summed E-state index contributed by atoms with van der Waals surface area (Å²) in [6.07, 6.45) is 1.08. The van der Waals surface area contributed by atoms with Crippen molar-refractivity contribution in [3.8, 4) is 6.07 Å². The lowest BCUT2D eigenvalue weighted by Crippen LogP contribution is -2.35. The molecule has 0 saturated heterocycles. The first kappa shape index (κ1) is 14.6. The lowest BCUT2D eigenvalue weighted by Gasteiger charge is -2.34. The maximum absolute atomic E-state index is 8.92. The minimum absolute atomic E-state index is 0.0405. The highest BCUT2D eigenvalue weighted by Gasteiger charge is 2.25. The predicted octanol–water partition coefficient (Wildman–Crippen LogP) is 4.49. The molecule has 2 heteroatoms. The quantitative estimate of drug-likeness (QED) is 0.850. The van der Waals surface area contributed by atoms with Crippen LogP contribution in [0.2, 0.25) is 0 Å². The molecule has 0 atom stereocenters. The van der Waals surface area contributed by atoms with Gasteiger partial charge in [-0.3, -0.25) is 0 Å². The molecule has 1 aromatic carbocycles. The Morgan fingerprint density at radius 1 is 1.17 bits per heavy atom. The van der Waals surface area contributed by atoms with Crippen LogP contribution in [-0.2, 0) is 0 Å². The second-order valence-corrected chi connectivity index (χ2v) is 6.89. The molecule has 0 aromatic heterocycles. The summed E-state index contributed by atoms with van der Waals surface area (Å²) >= 11 is 0. The van der Waals surface area contributed by atoms with Gasteiger partial charge in [0.2, 0.25) is 0 Å². The Morgan fingerprint density at radius 2 is 1.78 bits per heavy atom. The van der Waals surface area contributed by atoms with E-state index in [4.69, 9.17) is 5.26 Å². The van der Waals surface area contributed by atoms with E-state index < -0.39 is 0 Å². The molecule has 0 bridgehead atoms. The maximum Gasteiger partial charge on any atom is 0.0994 e. The summed E-state index contributed by atoms with van der Waals surface area (Å²) in [4.78, 5) is 0. The third-order valence-electron chi connectivity index (χ3n) is 2.80. The van der Waals surface area contributed by atoms with Crippen LogP contribution >= 0.6 is 0 Å². The molecule has 0 aliphatic rings. The molecule has 0 amide bonds. The van der Waals surface area contributed by atoms with Crippen molar-refractivity contribution < 1.29 is 0 Å². The molecule has 2 nitrogen and oxygen atoms in total. The third kappa shape index (κ3) is 4.41. The van der Waals surface area contributed by atoms with Gasteiger partial charge in [-0.15, -0.1) is 0 Å². The Morgan fingerprint density at radius 3 is 2.22 bits per heavy atom. The van der Waals surface area contributed by atoms with E-state index in [1.807, 2.05) is 25.1 Å². The number of nitriles is 1. The summed E-state index contributed by atoms with van der Waals surface area (Å²) < 4.78 is 0. The van der Waals surface area contributed by atoms with Crippen LogP contribution in [0.25, 0.3) is 0 Å². The third-order valence-corrected chi connectivity index (χ3v) is 2.80. The molecule has 0 aliphatic heterocycles. The molecular weight excluding hydrogens is 220 g/mol. The fraction of sp³-hybridized carbons (Fsp3) is 0.562. The maximum atomic E-state index is 8.92. The van der Waals surface area contributed by atoms with Gasteiger partial charge in [-0.25, -0.2) is 0 Å². The van der Waals surface area contributed by atoms with Crippen LogP contribution in [0.3, 0.4) is 0 Å². The van der Waals surface area contributed by atoms with Gasteiger partial charge in [-0.05, 0) is 56.4 Å². The number of benzene rings is 1. The fourth-order valence-electron chi connectivity index (χ4n) is 2.63. The lowest BCUT2D eigenvalue weighted by atomic mass is 9.81. The zero-order valence-corrected chi connectivity index (χ0v) is 12.4. The highest BCUT2D eigenvalue weighted by atomic mass is 15.0. The Labute approximate surface area is 111 Å². The number of hydrogen-bond acceptors (Lipinski definition) is 2. The van der Waals surface area contributed by atoms with Crippen molar-refractivity contribution in [1.29, 1.82) is 5.26 Å². The fourth-order valence-corrected chi connectivity index (χ4v) is 2.63. The summed E-state index contributed by atoms with van der Waals surface area (Å²) in [7, 11) is 0. The second-order valence-electron chi connectivity index (χ2n) is 6.89. The molecular formula is C16H24N2. The number of nitrogens with one attached hydrogen (secondary N) is 1. The van der Waals surface area contributed by atoms with Crippen LogP contribution in [0.15, 0.2) is 18.2 Å². The first-order chi connectivity index (χ1) is 8.13. The molecule has 1 aromatic rings. The number of aryl methyl sites for hydroxylation is 1. The van der Waals surface area contributed by atoms with E-state index in [0.29, 0.717) is 0 Å². The van der Waals surface area contributed by atoms with Gasteiger partial charge in [-0.2, -0.15) is 5.26 Å². The van der Waals surface area contributed by atoms with Gasteiger partial charge < -0.3 is 5.32 Å². The largest absolute Gasteiger partial charge is 0.380 e. The van der Waals surface area contributed by atoms with Gasteiger partial charge in [0.1, 0.15) is 0 Å². The van der Waals surface area contributed by atoms with Crippen molar-refractivity contribution in [2.24, 2.45) is 5.41 Å². The van der Waals surface area contributed by atoms with Crippen LogP contribution in [0.5, 0.6) is 0 Å². The first-order valence-corrected chi connectivity index (χ1v) is 6.42. The summed E-state index contributed by atoms with van der Waals surface area (Å²) in [6.45, 7) is 13.2. The summed E-state index contributed by atoms with van der Waals surface area (Å²) in [5.74, 6) is 0. The Balaban J connectivity index is 2.85. The van der Waals surface area contributed by atoms with Crippen molar-refractivity contribution in [3.63, 3.8) is 0 Å². The monoisotopic (exact) mass is 244 g/mol.